The fraction of sp³-hybridized carbons (Fsp3) is 0.727. The molecule has 0 aromatic carbocycles. The van der Waals surface area contributed by atoms with Gasteiger partial charge in [0.05, 0.1) is 6.20 Å². The first-order chi connectivity index (χ1) is 7.27. The summed E-state index contributed by atoms with van der Waals surface area (Å²) < 4.78 is 1.92. The third-order valence-electron chi connectivity index (χ3n) is 3.19. The lowest BCUT2D eigenvalue weighted by Crippen LogP contribution is -2.41. The molecular weight excluding hydrogens is 188 g/mol. The largest absolute Gasteiger partial charge is 0.273 e. The highest BCUT2D eigenvalue weighted by Crippen LogP contribution is 2.08. The second-order valence-electron chi connectivity index (χ2n) is 4.26. The van der Waals surface area contributed by atoms with E-state index in [1.165, 1.54) is 43.6 Å². The highest BCUT2D eigenvalue weighted by atomic mass is 15.5. The summed E-state index contributed by atoms with van der Waals surface area (Å²) >= 11 is 0. The molecule has 84 valence electrons. The second kappa shape index (κ2) is 4.77. The maximum atomic E-state index is 4.24. The number of nitrogens with zero attached hydrogens (tertiary/aromatic N) is 3. The number of piperidine rings is 1. The first-order valence-corrected chi connectivity index (χ1v) is 5.73. The van der Waals surface area contributed by atoms with Crippen molar-refractivity contribution in [2.45, 2.75) is 32.7 Å². The van der Waals surface area contributed by atoms with Crippen LogP contribution in [0.4, 0.5) is 0 Å². The molecule has 1 aromatic rings. The Balaban J connectivity index is 1.84. The van der Waals surface area contributed by atoms with Crippen LogP contribution in [0.1, 0.15) is 30.5 Å². The van der Waals surface area contributed by atoms with Crippen molar-refractivity contribution in [3.05, 3.63) is 17.5 Å². The summed E-state index contributed by atoms with van der Waals surface area (Å²) in [6.45, 7) is 5.37. The van der Waals surface area contributed by atoms with E-state index in [1.807, 2.05) is 17.9 Å². The molecule has 0 saturated carbocycles. The van der Waals surface area contributed by atoms with Gasteiger partial charge >= 0.3 is 0 Å². The zero-order valence-corrected chi connectivity index (χ0v) is 9.66. The predicted molar refractivity (Wildman–Crippen MR) is 60.2 cm³/mol. The van der Waals surface area contributed by atoms with Crippen LogP contribution in [0.25, 0.3) is 0 Å². The van der Waals surface area contributed by atoms with E-state index >= 15 is 0 Å². The average Bonchev–Trinajstić information content (AvgIpc) is 2.59. The Labute approximate surface area is 91.2 Å². The van der Waals surface area contributed by atoms with E-state index in [1.54, 1.807) is 0 Å². The molecule has 0 bridgehead atoms. The van der Waals surface area contributed by atoms with Crippen LogP contribution < -0.4 is 5.43 Å². The molecule has 2 rings (SSSR count). The van der Waals surface area contributed by atoms with E-state index in [0.717, 1.165) is 6.54 Å². The van der Waals surface area contributed by atoms with Crippen molar-refractivity contribution in [2.24, 2.45) is 7.05 Å². The lowest BCUT2D eigenvalue weighted by Gasteiger charge is -2.27. The van der Waals surface area contributed by atoms with Crippen LogP contribution in [0, 0.1) is 6.92 Å². The standard InChI is InChI=1S/C11H20N4/c1-10-11(8-12-14(10)2)9-13-15-6-4-3-5-7-15/h8,13H,3-7,9H2,1-2H3. The average molecular weight is 208 g/mol. The molecule has 4 nitrogen and oxygen atoms in total. The number of hydrazine groups is 1. The molecule has 0 spiro atoms. The molecule has 4 heteroatoms. The summed E-state index contributed by atoms with van der Waals surface area (Å²) in [5.41, 5.74) is 6.02. The molecular formula is C11H20N4. The Kier molecular flexibility index (Phi) is 3.38. The van der Waals surface area contributed by atoms with Gasteiger partial charge in [-0.2, -0.15) is 5.10 Å². The maximum Gasteiger partial charge on any atom is 0.0538 e. The van der Waals surface area contributed by atoms with Crippen molar-refractivity contribution in [1.82, 2.24) is 20.2 Å². The minimum Gasteiger partial charge on any atom is -0.273 e. The topological polar surface area (TPSA) is 33.1 Å². The Morgan fingerprint density at radius 3 is 2.67 bits per heavy atom. The smallest absolute Gasteiger partial charge is 0.0538 e. The van der Waals surface area contributed by atoms with Gasteiger partial charge in [0.25, 0.3) is 0 Å². The number of aryl methyl sites for hydroxylation is 1. The van der Waals surface area contributed by atoms with Crippen LogP contribution in [0.2, 0.25) is 0 Å². The lowest BCUT2D eigenvalue weighted by atomic mass is 10.2. The van der Waals surface area contributed by atoms with Crippen LogP contribution in [0.3, 0.4) is 0 Å². The number of nitrogens with one attached hydrogen (secondary N) is 1. The first kappa shape index (κ1) is 10.6. The van der Waals surface area contributed by atoms with Crippen molar-refractivity contribution < 1.29 is 0 Å². The Morgan fingerprint density at radius 1 is 1.33 bits per heavy atom. The summed E-state index contributed by atoms with van der Waals surface area (Å²) in [5.74, 6) is 0. The molecule has 0 radical (unpaired) electrons. The van der Waals surface area contributed by atoms with E-state index < -0.39 is 0 Å². The van der Waals surface area contributed by atoms with Crippen molar-refractivity contribution in [1.29, 1.82) is 0 Å². The summed E-state index contributed by atoms with van der Waals surface area (Å²) in [6, 6.07) is 0. The van der Waals surface area contributed by atoms with Gasteiger partial charge in [0.15, 0.2) is 0 Å². The Morgan fingerprint density at radius 2 is 2.07 bits per heavy atom. The molecule has 15 heavy (non-hydrogen) atoms. The van der Waals surface area contributed by atoms with Crippen LogP contribution in [0.15, 0.2) is 6.20 Å². The molecule has 0 aliphatic carbocycles. The molecule has 1 aromatic heterocycles. The highest BCUT2D eigenvalue weighted by molar-refractivity contribution is 5.15. The van der Waals surface area contributed by atoms with Gasteiger partial charge < -0.3 is 0 Å². The second-order valence-corrected chi connectivity index (χ2v) is 4.26. The SMILES string of the molecule is Cc1c(CNN2CCCCC2)cnn1C. The van der Waals surface area contributed by atoms with Gasteiger partial charge in [0.2, 0.25) is 0 Å². The van der Waals surface area contributed by atoms with Crippen molar-refractivity contribution in [2.75, 3.05) is 13.1 Å². The van der Waals surface area contributed by atoms with Gasteiger partial charge in [0, 0.05) is 37.9 Å². The van der Waals surface area contributed by atoms with Crippen LogP contribution in [-0.4, -0.2) is 27.9 Å². The number of aromatic nitrogens is 2. The third kappa shape index (κ3) is 2.58. The molecule has 2 heterocycles. The molecule has 1 aliphatic heterocycles. The van der Waals surface area contributed by atoms with E-state index in [-0.39, 0.29) is 0 Å². The monoisotopic (exact) mass is 208 g/mol. The van der Waals surface area contributed by atoms with Crippen molar-refractivity contribution in [3.63, 3.8) is 0 Å². The Hall–Kier alpha value is -0.870. The predicted octanol–water partition coefficient (Wildman–Crippen LogP) is 1.22. The minimum absolute atomic E-state index is 0.902. The van der Waals surface area contributed by atoms with Gasteiger partial charge in [-0.1, -0.05) is 6.42 Å². The zero-order chi connectivity index (χ0) is 10.7. The van der Waals surface area contributed by atoms with Crippen LogP contribution in [-0.2, 0) is 13.6 Å². The van der Waals surface area contributed by atoms with E-state index in [9.17, 15) is 0 Å². The molecule has 1 saturated heterocycles. The van der Waals surface area contributed by atoms with E-state index in [0.29, 0.717) is 0 Å². The van der Waals surface area contributed by atoms with Crippen molar-refractivity contribution >= 4 is 0 Å². The number of hydrogen-bond donors (Lipinski definition) is 1. The molecule has 1 fully saturated rings. The number of hydrogen-bond acceptors (Lipinski definition) is 3. The highest BCUT2D eigenvalue weighted by Gasteiger charge is 2.10. The first-order valence-electron chi connectivity index (χ1n) is 5.73. The zero-order valence-electron chi connectivity index (χ0n) is 9.66. The minimum atomic E-state index is 0.902. The molecule has 1 N–H and O–H groups in total. The van der Waals surface area contributed by atoms with Gasteiger partial charge in [-0.15, -0.1) is 0 Å². The summed E-state index contributed by atoms with van der Waals surface area (Å²) in [4.78, 5) is 0. The van der Waals surface area contributed by atoms with Gasteiger partial charge in [-0.25, -0.2) is 5.01 Å². The summed E-state index contributed by atoms with van der Waals surface area (Å²) in [5, 5.41) is 6.57. The molecule has 0 amide bonds. The fourth-order valence-electron chi connectivity index (χ4n) is 1.97. The normalized spacial score (nSPS) is 18.3. The van der Waals surface area contributed by atoms with Gasteiger partial charge in [-0.3, -0.25) is 10.1 Å². The van der Waals surface area contributed by atoms with Crippen LogP contribution in [0.5, 0.6) is 0 Å². The summed E-state index contributed by atoms with van der Waals surface area (Å²) in [6.07, 6.45) is 5.97. The molecule has 0 atom stereocenters. The van der Waals surface area contributed by atoms with E-state index in [2.05, 4.69) is 22.5 Å². The summed E-state index contributed by atoms with van der Waals surface area (Å²) in [7, 11) is 1.99. The van der Waals surface area contributed by atoms with Crippen molar-refractivity contribution in [3.8, 4) is 0 Å². The molecule has 1 aliphatic rings. The Bertz CT molecular complexity index is 312. The van der Waals surface area contributed by atoms with Crippen LogP contribution >= 0.6 is 0 Å². The lowest BCUT2D eigenvalue weighted by molar-refractivity contribution is 0.151. The quantitative estimate of drug-likeness (QED) is 0.810. The number of rotatable bonds is 3. The maximum absolute atomic E-state index is 4.24. The third-order valence-corrected chi connectivity index (χ3v) is 3.19. The van der Waals surface area contributed by atoms with Gasteiger partial charge in [-0.05, 0) is 19.8 Å². The molecule has 0 unspecified atom stereocenters. The van der Waals surface area contributed by atoms with E-state index in [4.69, 9.17) is 0 Å². The van der Waals surface area contributed by atoms with Gasteiger partial charge in [0.1, 0.15) is 0 Å². The fourth-order valence-corrected chi connectivity index (χ4v) is 1.97.